The fourth-order valence-electron chi connectivity index (χ4n) is 10.4. The summed E-state index contributed by atoms with van der Waals surface area (Å²) in [6, 6.07) is 0. The van der Waals surface area contributed by atoms with E-state index >= 15 is 0 Å². The van der Waals surface area contributed by atoms with Gasteiger partial charge in [0.1, 0.15) is 18.0 Å². The van der Waals surface area contributed by atoms with Crippen LogP contribution in [0.4, 0.5) is 0 Å². The van der Waals surface area contributed by atoms with E-state index in [9.17, 15) is 14.7 Å². The normalized spacial score (nSPS) is 45.4. The zero-order valence-corrected chi connectivity index (χ0v) is 24.7. The zero-order valence-electron chi connectivity index (χ0n) is 24.7. The molecule has 4 fully saturated rings. The number of ether oxygens (including phenoxy) is 2. The van der Waals surface area contributed by atoms with E-state index in [-0.39, 0.29) is 63.4 Å². The van der Waals surface area contributed by atoms with Gasteiger partial charge in [-0.2, -0.15) is 0 Å². The Morgan fingerprint density at radius 1 is 1.08 bits per heavy atom. The summed E-state index contributed by atoms with van der Waals surface area (Å²) >= 11 is 0. The molecule has 0 aromatic heterocycles. The monoisotopic (exact) mass is 514 g/mol. The maximum atomic E-state index is 12.9. The molecule has 3 saturated carbocycles. The van der Waals surface area contributed by atoms with Gasteiger partial charge in [0, 0.05) is 18.8 Å². The van der Waals surface area contributed by atoms with Crippen molar-refractivity contribution in [3.05, 3.63) is 11.1 Å². The predicted octanol–water partition coefficient (Wildman–Crippen LogP) is 6.41. The average Bonchev–Trinajstić information content (AvgIpc) is 3.27. The number of epoxide rings is 1. The van der Waals surface area contributed by atoms with Crippen LogP contribution in [0.25, 0.3) is 0 Å². The van der Waals surface area contributed by atoms with E-state index in [4.69, 9.17) is 9.47 Å². The lowest BCUT2D eigenvalue weighted by Gasteiger charge is -2.69. The summed E-state index contributed by atoms with van der Waals surface area (Å²) in [4.78, 5) is 24.8. The van der Waals surface area contributed by atoms with E-state index in [0.29, 0.717) is 18.1 Å². The van der Waals surface area contributed by atoms with Crippen molar-refractivity contribution in [2.45, 2.75) is 138 Å². The number of carbonyl (C=O) groups is 2. The molecule has 0 unspecified atom stereocenters. The molecule has 0 radical (unpaired) electrons. The van der Waals surface area contributed by atoms with Crippen LogP contribution in [0, 0.1) is 39.4 Å². The molecule has 1 N–H and O–H groups in total. The molecule has 1 aliphatic heterocycles. The lowest BCUT2D eigenvalue weighted by Crippen LogP contribution is -2.65. The first-order valence-corrected chi connectivity index (χ1v) is 14.8. The van der Waals surface area contributed by atoms with E-state index in [2.05, 4.69) is 55.4 Å². The number of aliphatic hydroxyl groups is 1. The topological polar surface area (TPSA) is 76.1 Å². The summed E-state index contributed by atoms with van der Waals surface area (Å²) in [5.74, 6) is 0.947. The van der Waals surface area contributed by atoms with Gasteiger partial charge in [0.25, 0.3) is 0 Å². The number of allylic oxidation sites excluding steroid dienone is 1. The van der Waals surface area contributed by atoms with Gasteiger partial charge in [-0.3, -0.25) is 9.59 Å². The Morgan fingerprint density at radius 2 is 1.73 bits per heavy atom. The summed E-state index contributed by atoms with van der Waals surface area (Å²) in [5, 5.41) is 11.9. The second-order valence-corrected chi connectivity index (χ2v) is 15.2. The molecule has 5 rings (SSSR count). The maximum Gasteiger partial charge on any atom is 0.302 e. The number of hydrogen-bond acceptors (Lipinski definition) is 5. The predicted molar refractivity (Wildman–Crippen MR) is 144 cm³/mol. The van der Waals surface area contributed by atoms with Crippen LogP contribution in [0.3, 0.4) is 0 Å². The zero-order chi connectivity index (χ0) is 27.3. The summed E-state index contributed by atoms with van der Waals surface area (Å²) in [6.07, 6.45) is 6.64. The van der Waals surface area contributed by atoms with Crippen molar-refractivity contribution < 1.29 is 24.2 Å². The van der Waals surface area contributed by atoms with Gasteiger partial charge >= 0.3 is 5.97 Å². The van der Waals surface area contributed by atoms with Crippen LogP contribution in [0.5, 0.6) is 0 Å². The van der Waals surface area contributed by atoms with Crippen LogP contribution in [0.1, 0.15) is 114 Å². The van der Waals surface area contributed by atoms with Crippen molar-refractivity contribution in [1.29, 1.82) is 0 Å². The summed E-state index contributed by atoms with van der Waals surface area (Å²) in [7, 11) is 0. The van der Waals surface area contributed by atoms with E-state index < -0.39 is 0 Å². The Labute approximate surface area is 224 Å². The fraction of sp³-hybridized carbons (Fsp3) is 0.875. The number of Topliss-reactive ketones (excluding diaryl/α,β-unsaturated/α-hetero) is 1. The van der Waals surface area contributed by atoms with Crippen LogP contribution >= 0.6 is 0 Å². The third-order valence-corrected chi connectivity index (χ3v) is 12.5. The van der Waals surface area contributed by atoms with Gasteiger partial charge in [0.2, 0.25) is 0 Å². The number of hydrogen-bond donors (Lipinski definition) is 1. The van der Waals surface area contributed by atoms with Crippen LogP contribution in [-0.4, -0.2) is 40.8 Å². The molecule has 37 heavy (non-hydrogen) atoms. The average molecular weight is 515 g/mol. The Kier molecular flexibility index (Phi) is 6.21. The van der Waals surface area contributed by atoms with Crippen LogP contribution < -0.4 is 0 Å². The summed E-state index contributed by atoms with van der Waals surface area (Å²) in [6.45, 7) is 19.5. The van der Waals surface area contributed by atoms with Gasteiger partial charge in [-0.25, -0.2) is 0 Å². The largest absolute Gasteiger partial charge is 0.460 e. The molecule has 5 heteroatoms. The highest BCUT2D eigenvalue weighted by molar-refractivity contribution is 5.85. The SMILES string of the molecule is CC(=O)O[C@@H](C[C@@H](C)C1=C2C[C@H](O)[C@H]3[C@@]4(C)CCC(=O)C(C)(C)[C@@H]4CC[C@]3(C)[C@@]2(C)CC1)[C@@H]1OC1(C)C. The van der Waals surface area contributed by atoms with Crippen molar-refractivity contribution >= 4 is 11.8 Å². The molecule has 0 spiro atoms. The number of carbonyl (C=O) groups excluding carboxylic acids is 2. The minimum absolute atomic E-state index is 0.0000676. The van der Waals surface area contributed by atoms with Crippen LogP contribution in [0.15, 0.2) is 11.1 Å². The highest BCUT2D eigenvalue weighted by atomic mass is 16.6. The second-order valence-electron chi connectivity index (χ2n) is 15.2. The fourth-order valence-corrected chi connectivity index (χ4v) is 10.4. The first-order chi connectivity index (χ1) is 17.0. The van der Waals surface area contributed by atoms with Crippen molar-refractivity contribution in [2.24, 2.45) is 39.4 Å². The van der Waals surface area contributed by atoms with Crippen molar-refractivity contribution in [2.75, 3.05) is 0 Å². The van der Waals surface area contributed by atoms with Crippen molar-refractivity contribution in [1.82, 2.24) is 0 Å². The molecule has 0 aromatic rings. The van der Waals surface area contributed by atoms with Gasteiger partial charge in [-0.05, 0) is 92.8 Å². The molecule has 0 bridgehead atoms. The number of esters is 1. The highest BCUT2D eigenvalue weighted by Crippen LogP contribution is 2.74. The van der Waals surface area contributed by atoms with E-state index in [0.717, 1.165) is 44.9 Å². The van der Waals surface area contributed by atoms with Crippen molar-refractivity contribution in [3.63, 3.8) is 0 Å². The highest BCUT2D eigenvalue weighted by Gasteiger charge is 2.69. The van der Waals surface area contributed by atoms with Crippen LogP contribution in [0.2, 0.25) is 0 Å². The second kappa shape index (κ2) is 8.40. The molecule has 5 aliphatic rings. The maximum absolute atomic E-state index is 12.9. The molecule has 208 valence electrons. The number of aliphatic hydroxyl groups excluding tert-OH is 1. The molecule has 0 amide bonds. The minimum Gasteiger partial charge on any atom is -0.460 e. The molecular weight excluding hydrogens is 464 g/mol. The molecule has 1 saturated heterocycles. The Balaban J connectivity index is 1.46. The quantitative estimate of drug-likeness (QED) is 0.261. The third kappa shape index (κ3) is 3.84. The summed E-state index contributed by atoms with van der Waals surface area (Å²) in [5.41, 5.74) is 2.41. The Bertz CT molecular complexity index is 1020. The Morgan fingerprint density at radius 3 is 2.32 bits per heavy atom. The molecule has 5 nitrogen and oxygen atoms in total. The Hall–Kier alpha value is -1.20. The first-order valence-electron chi connectivity index (χ1n) is 14.8. The summed E-state index contributed by atoms with van der Waals surface area (Å²) < 4.78 is 11.7. The lowest BCUT2D eigenvalue weighted by molar-refractivity contribution is -0.208. The molecular formula is C32H50O5. The van der Waals surface area contributed by atoms with E-state index in [1.54, 1.807) is 0 Å². The van der Waals surface area contributed by atoms with Gasteiger partial charge in [-0.1, -0.05) is 52.7 Å². The number of fused-ring (bicyclic) bond motifs is 5. The van der Waals surface area contributed by atoms with Gasteiger partial charge in [0.15, 0.2) is 0 Å². The van der Waals surface area contributed by atoms with Gasteiger partial charge in [0.05, 0.1) is 11.7 Å². The minimum atomic E-state index is -0.389. The van der Waals surface area contributed by atoms with Crippen molar-refractivity contribution in [3.8, 4) is 0 Å². The standard InChI is InChI=1S/C32H50O5/c1-18(16-23(36-19(2)33)27-29(5,6)37-27)20-10-14-31(8)21(20)17-22(34)26-30(7)13-12-25(35)28(3,4)24(30)11-15-32(26,31)9/h18,22-24,26-27,34H,10-17H2,1-9H3/t18-,22+,23+,24+,26+,27+,30+,31+,32+/m1/s1. The van der Waals surface area contributed by atoms with Crippen LogP contribution in [-0.2, 0) is 19.1 Å². The third-order valence-electron chi connectivity index (χ3n) is 12.5. The molecule has 0 aromatic carbocycles. The van der Waals surface area contributed by atoms with Gasteiger partial charge < -0.3 is 14.6 Å². The van der Waals surface area contributed by atoms with E-state index in [1.165, 1.54) is 18.1 Å². The molecule has 4 aliphatic carbocycles. The van der Waals surface area contributed by atoms with E-state index in [1.807, 2.05) is 0 Å². The number of ketones is 1. The molecule has 9 atom stereocenters. The number of rotatable bonds is 5. The smallest absolute Gasteiger partial charge is 0.302 e. The lowest BCUT2D eigenvalue weighted by atomic mass is 9.36. The first kappa shape index (κ1) is 27.4. The molecule has 1 heterocycles. The van der Waals surface area contributed by atoms with Gasteiger partial charge in [-0.15, -0.1) is 0 Å².